The summed E-state index contributed by atoms with van der Waals surface area (Å²) in [7, 11) is 0. The molecule has 0 bridgehead atoms. The van der Waals surface area contributed by atoms with Crippen LogP contribution in [-0.2, 0) is 0 Å². The van der Waals surface area contributed by atoms with E-state index in [1.807, 2.05) is 6.92 Å². The molecule has 0 heterocycles. The second-order valence-electron chi connectivity index (χ2n) is 2.66. The number of nitrogens with two attached hydrogens (primary N) is 1. The summed E-state index contributed by atoms with van der Waals surface area (Å²) in [5, 5.41) is 0. The molecule has 0 radical (unpaired) electrons. The quantitative estimate of drug-likeness (QED) is 0.622. The molecular weight excluding hydrogens is 138 g/mol. The van der Waals surface area contributed by atoms with E-state index in [2.05, 4.69) is 26.0 Å². The molecule has 4 N–H and O–H groups in total. The highest BCUT2D eigenvalue weighted by Gasteiger charge is 1.89. The lowest BCUT2D eigenvalue weighted by atomic mass is 10.1. The Labute approximate surface area is 69.1 Å². The molecule has 2 heteroatoms. The molecule has 0 aliphatic carbocycles. The van der Waals surface area contributed by atoms with E-state index in [0.29, 0.717) is 5.92 Å². The van der Waals surface area contributed by atoms with Crippen LogP contribution >= 0.6 is 0 Å². The predicted octanol–water partition coefficient (Wildman–Crippen LogP) is 1.63. The predicted molar refractivity (Wildman–Crippen MR) is 50.2 cm³/mol. The van der Waals surface area contributed by atoms with Crippen LogP contribution in [0.15, 0.2) is 23.9 Å². The van der Waals surface area contributed by atoms with E-state index in [1.165, 1.54) is 6.42 Å². The van der Waals surface area contributed by atoms with Crippen LogP contribution in [0.1, 0.15) is 27.2 Å². The monoisotopic (exact) mass is 157 g/mol. The van der Waals surface area contributed by atoms with Crippen LogP contribution in [-0.4, -0.2) is 5.48 Å². The lowest BCUT2D eigenvalue weighted by Crippen LogP contribution is -1.85. The molecule has 66 valence electrons. The summed E-state index contributed by atoms with van der Waals surface area (Å²) in [4.78, 5) is 0. The number of rotatable bonds is 3. The summed E-state index contributed by atoms with van der Waals surface area (Å²) in [6, 6.07) is 0. The minimum Gasteiger partial charge on any atom is -0.412 e. The first-order valence-corrected chi connectivity index (χ1v) is 3.77. The van der Waals surface area contributed by atoms with Crippen LogP contribution in [0.2, 0.25) is 0 Å². The van der Waals surface area contributed by atoms with E-state index < -0.39 is 0 Å². The number of hydrogen-bond donors (Lipinski definition) is 1. The molecule has 11 heavy (non-hydrogen) atoms. The molecule has 0 aliphatic rings. The Morgan fingerprint density at radius 1 is 1.55 bits per heavy atom. The van der Waals surface area contributed by atoms with Crippen molar-refractivity contribution >= 4 is 0 Å². The van der Waals surface area contributed by atoms with Crippen molar-refractivity contribution in [2.24, 2.45) is 11.7 Å². The summed E-state index contributed by atoms with van der Waals surface area (Å²) in [5.74, 6) is 0.662. The van der Waals surface area contributed by atoms with Gasteiger partial charge in [0.2, 0.25) is 0 Å². The third kappa shape index (κ3) is 7.13. The molecule has 0 aromatic rings. The maximum absolute atomic E-state index is 5.29. The van der Waals surface area contributed by atoms with Gasteiger partial charge in [0.25, 0.3) is 0 Å². The van der Waals surface area contributed by atoms with Crippen molar-refractivity contribution in [1.29, 1.82) is 0 Å². The van der Waals surface area contributed by atoms with Gasteiger partial charge in [-0.2, -0.15) is 0 Å². The molecule has 0 saturated carbocycles. The molecule has 2 nitrogen and oxygen atoms in total. The zero-order valence-electron chi connectivity index (χ0n) is 7.59. The van der Waals surface area contributed by atoms with Crippen LogP contribution in [0.25, 0.3) is 0 Å². The normalized spacial score (nSPS) is 14.6. The molecule has 0 saturated heterocycles. The molecule has 0 amide bonds. The molecule has 0 aromatic carbocycles. The van der Waals surface area contributed by atoms with E-state index >= 15 is 0 Å². The number of hydrogen-bond acceptors (Lipinski definition) is 1. The Bertz CT molecular complexity index is 138. The van der Waals surface area contributed by atoms with Crippen molar-refractivity contribution in [3.63, 3.8) is 0 Å². The molecule has 0 spiro atoms. The van der Waals surface area contributed by atoms with Gasteiger partial charge in [-0.25, -0.2) is 0 Å². The minimum atomic E-state index is 0. The highest BCUT2D eigenvalue weighted by molar-refractivity contribution is 5.14. The zero-order valence-corrected chi connectivity index (χ0v) is 7.59. The third-order valence-corrected chi connectivity index (χ3v) is 1.59. The smallest absolute Gasteiger partial charge is 0.00327 e. The fraction of sp³-hybridized carbons (Fsp3) is 0.556. The number of allylic oxidation sites excluding steroid dienone is 3. The van der Waals surface area contributed by atoms with Crippen molar-refractivity contribution in [3.8, 4) is 0 Å². The summed E-state index contributed by atoms with van der Waals surface area (Å²) in [6.45, 7) is 6.37. The average Bonchev–Trinajstić information content (AvgIpc) is 1.99. The Kier molecular flexibility index (Phi) is 8.60. The first-order valence-electron chi connectivity index (χ1n) is 3.77. The van der Waals surface area contributed by atoms with Gasteiger partial charge >= 0.3 is 0 Å². The molecule has 1 unspecified atom stereocenters. The molecule has 0 fully saturated rings. The average molecular weight is 157 g/mol. The highest BCUT2D eigenvalue weighted by atomic mass is 16.0. The van der Waals surface area contributed by atoms with Crippen LogP contribution in [0, 0.1) is 5.92 Å². The lowest BCUT2D eigenvalue weighted by molar-refractivity contribution is 0.698. The fourth-order valence-corrected chi connectivity index (χ4v) is 0.508. The summed E-state index contributed by atoms with van der Waals surface area (Å²) < 4.78 is 0. The zero-order chi connectivity index (χ0) is 7.98. The molecule has 0 aromatic heterocycles. The molecular formula is C9H19NO. The van der Waals surface area contributed by atoms with Gasteiger partial charge in [0.15, 0.2) is 0 Å². The largest absolute Gasteiger partial charge is 0.412 e. The summed E-state index contributed by atoms with van der Waals surface area (Å²) >= 11 is 0. The van der Waals surface area contributed by atoms with Gasteiger partial charge in [-0.15, -0.1) is 0 Å². The van der Waals surface area contributed by atoms with Gasteiger partial charge in [-0.05, 0) is 24.6 Å². The third-order valence-electron chi connectivity index (χ3n) is 1.59. The van der Waals surface area contributed by atoms with E-state index in [9.17, 15) is 0 Å². The minimum absolute atomic E-state index is 0. The van der Waals surface area contributed by atoms with Gasteiger partial charge < -0.3 is 11.2 Å². The van der Waals surface area contributed by atoms with Gasteiger partial charge in [-0.3, -0.25) is 0 Å². The highest BCUT2D eigenvalue weighted by Crippen LogP contribution is 2.03. The second-order valence-corrected chi connectivity index (χ2v) is 2.66. The Morgan fingerprint density at radius 3 is 2.45 bits per heavy atom. The summed E-state index contributed by atoms with van der Waals surface area (Å²) in [5.41, 5.74) is 6.41. The topological polar surface area (TPSA) is 57.5 Å². The van der Waals surface area contributed by atoms with E-state index in [4.69, 9.17) is 5.73 Å². The second kappa shape index (κ2) is 7.35. The maximum atomic E-state index is 5.29. The van der Waals surface area contributed by atoms with E-state index in [-0.39, 0.29) is 5.48 Å². The van der Waals surface area contributed by atoms with E-state index in [1.54, 1.807) is 6.20 Å². The molecule has 0 aliphatic heterocycles. The van der Waals surface area contributed by atoms with Gasteiger partial charge in [0, 0.05) is 0 Å². The van der Waals surface area contributed by atoms with Crippen LogP contribution < -0.4 is 5.73 Å². The Hall–Kier alpha value is -0.760. The first-order chi connectivity index (χ1) is 4.70. The van der Waals surface area contributed by atoms with Crippen molar-refractivity contribution in [2.75, 3.05) is 0 Å². The SMILES string of the molecule is CCC(C)/C=C/C(C)=C/N.O. The standard InChI is InChI=1S/C9H17N.H2O/c1-4-8(2)5-6-9(3)7-10;/h5-8H,4,10H2,1-3H3;1H2/b6-5+,9-7+;. The molecule has 1 atom stereocenters. The Balaban J connectivity index is 0. The Morgan fingerprint density at radius 2 is 2.09 bits per heavy atom. The van der Waals surface area contributed by atoms with Crippen molar-refractivity contribution < 1.29 is 5.48 Å². The maximum Gasteiger partial charge on any atom is -0.00327 e. The fourth-order valence-electron chi connectivity index (χ4n) is 0.508. The lowest BCUT2D eigenvalue weighted by Gasteiger charge is -1.98. The molecule has 0 rings (SSSR count). The first kappa shape index (κ1) is 12.9. The van der Waals surface area contributed by atoms with Crippen molar-refractivity contribution in [3.05, 3.63) is 23.9 Å². The van der Waals surface area contributed by atoms with Crippen molar-refractivity contribution in [2.45, 2.75) is 27.2 Å². The van der Waals surface area contributed by atoms with E-state index in [0.717, 1.165) is 5.57 Å². The van der Waals surface area contributed by atoms with Crippen LogP contribution in [0.4, 0.5) is 0 Å². The summed E-state index contributed by atoms with van der Waals surface area (Å²) in [6.07, 6.45) is 7.06. The van der Waals surface area contributed by atoms with Gasteiger partial charge in [0.05, 0.1) is 0 Å². The van der Waals surface area contributed by atoms with Gasteiger partial charge in [-0.1, -0.05) is 32.4 Å². The van der Waals surface area contributed by atoms with Crippen LogP contribution in [0.5, 0.6) is 0 Å². The van der Waals surface area contributed by atoms with Crippen LogP contribution in [0.3, 0.4) is 0 Å². The van der Waals surface area contributed by atoms with Crippen molar-refractivity contribution in [1.82, 2.24) is 0 Å². The van der Waals surface area contributed by atoms with Gasteiger partial charge in [0.1, 0.15) is 0 Å².